The van der Waals surface area contributed by atoms with Crippen LogP contribution in [0.25, 0.3) is 0 Å². The van der Waals surface area contributed by atoms with Crippen molar-refractivity contribution < 1.29 is 9.59 Å². The molecule has 6 heteroatoms. The SMILES string of the molecule is Cc1cc(N2C(=O)[C@H]3C[C@@H](C)CCN3C2=O)n(C)n1. The maximum absolute atomic E-state index is 12.5. The first-order chi connectivity index (χ1) is 8.99. The Kier molecular flexibility index (Phi) is 2.62. The van der Waals surface area contributed by atoms with Crippen molar-refractivity contribution in [2.24, 2.45) is 13.0 Å². The van der Waals surface area contributed by atoms with E-state index in [4.69, 9.17) is 0 Å². The second-order valence-electron chi connectivity index (χ2n) is 5.56. The summed E-state index contributed by atoms with van der Waals surface area (Å²) >= 11 is 0. The summed E-state index contributed by atoms with van der Waals surface area (Å²) in [5, 5.41) is 4.21. The zero-order chi connectivity index (χ0) is 13.7. The number of fused-ring (bicyclic) bond motifs is 1. The number of piperidine rings is 1. The van der Waals surface area contributed by atoms with Crippen molar-refractivity contribution in [3.63, 3.8) is 0 Å². The number of nitrogens with zero attached hydrogens (tertiary/aromatic N) is 4. The highest BCUT2D eigenvalue weighted by Crippen LogP contribution is 2.32. The summed E-state index contributed by atoms with van der Waals surface area (Å²) in [5.41, 5.74) is 0.802. The van der Waals surface area contributed by atoms with Crippen LogP contribution in [0.4, 0.5) is 10.6 Å². The highest BCUT2D eigenvalue weighted by Gasteiger charge is 2.48. The van der Waals surface area contributed by atoms with E-state index in [0.717, 1.165) is 18.5 Å². The fraction of sp³-hybridized carbons (Fsp3) is 0.615. The van der Waals surface area contributed by atoms with Crippen LogP contribution in [0.1, 0.15) is 25.5 Å². The van der Waals surface area contributed by atoms with Crippen molar-refractivity contribution in [3.05, 3.63) is 11.8 Å². The second kappa shape index (κ2) is 4.08. The maximum Gasteiger partial charge on any atom is 0.333 e. The number of carbonyl (C=O) groups is 2. The molecule has 3 rings (SSSR count). The van der Waals surface area contributed by atoms with Crippen molar-refractivity contribution in [1.82, 2.24) is 14.7 Å². The molecule has 0 aromatic carbocycles. The number of anilines is 1. The third-order valence-corrected chi connectivity index (χ3v) is 4.01. The van der Waals surface area contributed by atoms with E-state index >= 15 is 0 Å². The molecule has 6 nitrogen and oxygen atoms in total. The monoisotopic (exact) mass is 262 g/mol. The molecule has 102 valence electrons. The Morgan fingerprint density at radius 1 is 1.37 bits per heavy atom. The standard InChI is InChI=1S/C13H18N4O2/c1-8-4-5-16-10(6-8)12(18)17(13(16)19)11-7-9(2)14-15(11)3/h7-8,10H,4-6H2,1-3H3/t8-,10+/m0/s1. The van der Waals surface area contributed by atoms with Gasteiger partial charge in [-0.05, 0) is 25.7 Å². The summed E-state index contributed by atoms with van der Waals surface area (Å²) in [5.74, 6) is 0.945. The summed E-state index contributed by atoms with van der Waals surface area (Å²) in [4.78, 5) is 27.9. The van der Waals surface area contributed by atoms with Gasteiger partial charge in [0.05, 0.1) is 5.69 Å². The van der Waals surface area contributed by atoms with E-state index < -0.39 is 0 Å². The predicted octanol–water partition coefficient (Wildman–Crippen LogP) is 1.30. The first-order valence-electron chi connectivity index (χ1n) is 6.64. The average Bonchev–Trinajstić information content (AvgIpc) is 2.78. The first kappa shape index (κ1) is 12.2. The normalized spacial score (nSPS) is 27.1. The van der Waals surface area contributed by atoms with Gasteiger partial charge in [-0.2, -0.15) is 5.10 Å². The van der Waals surface area contributed by atoms with Gasteiger partial charge in [0.2, 0.25) is 0 Å². The Morgan fingerprint density at radius 3 is 2.74 bits per heavy atom. The molecular weight excluding hydrogens is 244 g/mol. The van der Waals surface area contributed by atoms with Crippen molar-refractivity contribution in [2.75, 3.05) is 11.4 Å². The van der Waals surface area contributed by atoms with Gasteiger partial charge < -0.3 is 4.90 Å². The number of amides is 3. The molecule has 2 saturated heterocycles. The molecule has 0 bridgehead atoms. The molecule has 0 aliphatic carbocycles. The molecule has 2 atom stereocenters. The van der Waals surface area contributed by atoms with Gasteiger partial charge in [-0.1, -0.05) is 6.92 Å². The highest BCUT2D eigenvalue weighted by molar-refractivity contribution is 6.21. The van der Waals surface area contributed by atoms with E-state index in [1.54, 1.807) is 22.7 Å². The summed E-state index contributed by atoms with van der Waals surface area (Å²) < 4.78 is 1.59. The van der Waals surface area contributed by atoms with Crippen LogP contribution in [-0.4, -0.2) is 39.2 Å². The molecule has 3 amide bonds. The largest absolute Gasteiger partial charge is 0.333 e. The Morgan fingerprint density at radius 2 is 2.11 bits per heavy atom. The lowest BCUT2D eigenvalue weighted by molar-refractivity contribution is -0.120. The zero-order valence-electron chi connectivity index (χ0n) is 11.5. The molecule has 3 heterocycles. The van der Waals surface area contributed by atoms with Gasteiger partial charge in [-0.15, -0.1) is 0 Å². The number of urea groups is 1. The molecule has 1 aromatic rings. The van der Waals surface area contributed by atoms with E-state index in [0.29, 0.717) is 18.3 Å². The highest BCUT2D eigenvalue weighted by atomic mass is 16.2. The summed E-state index contributed by atoms with van der Waals surface area (Å²) in [6.45, 7) is 4.65. The summed E-state index contributed by atoms with van der Waals surface area (Å²) in [6.07, 6.45) is 1.73. The molecule has 0 radical (unpaired) electrons. The third kappa shape index (κ3) is 1.74. The number of imide groups is 1. The van der Waals surface area contributed by atoms with Crippen LogP contribution in [0.15, 0.2) is 6.07 Å². The van der Waals surface area contributed by atoms with Gasteiger partial charge >= 0.3 is 6.03 Å². The average molecular weight is 262 g/mol. The summed E-state index contributed by atoms with van der Waals surface area (Å²) in [7, 11) is 1.75. The quantitative estimate of drug-likeness (QED) is 0.717. The number of aromatic nitrogens is 2. The van der Waals surface area contributed by atoms with Crippen LogP contribution in [-0.2, 0) is 11.8 Å². The van der Waals surface area contributed by atoms with Crippen LogP contribution in [0.3, 0.4) is 0 Å². The van der Waals surface area contributed by atoms with Crippen molar-refractivity contribution >= 4 is 17.8 Å². The molecule has 19 heavy (non-hydrogen) atoms. The van der Waals surface area contributed by atoms with Gasteiger partial charge in [0.1, 0.15) is 11.9 Å². The molecule has 0 spiro atoms. The minimum Gasteiger partial charge on any atom is -0.312 e. The predicted molar refractivity (Wildman–Crippen MR) is 69.7 cm³/mol. The topological polar surface area (TPSA) is 58.4 Å². The lowest BCUT2D eigenvalue weighted by atomic mass is 9.93. The fourth-order valence-corrected chi connectivity index (χ4v) is 2.99. The molecule has 1 aromatic heterocycles. The lowest BCUT2D eigenvalue weighted by Crippen LogP contribution is -2.41. The number of carbonyl (C=O) groups excluding carboxylic acids is 2. The lowest BCUT2D eigenvalue weighted by Gasteiger charge is -2.30. The van der Waals surface area contributed by atoms with Crippen molar-refractivity contribution in [3.8, 4) is 0 Å². The summed E-state index contributed by atoms with van der Waals surface area (Å²) in [6, 6.07) is 1.29. The Balaban J connectivity index is 1.97. The van der Waals surface area contributed by atoms with E-state index in [2.05, 4.69) is 12.0 Å². The molecular formula is C13H18N4O2. The zero-order valence-corrected chi connectivity index (χ0v) is 11.5. The van der Waals surface area contributed by atoms with Crippen molar-refractivity contribution in [2.45, 2.75) is 32.7 Å². The van der Waals surface area contributed by atoms with Crippen LogP contribution in [0.5, 0.6) is 0 Å². The third-order valence-electron chi connectivity index (χ3n) is 4.01. The van der Waals surface area contributed by atoms with Crippen LogP contribution in [0, 0.1) is 12.8 Å². The van der Waals surface area contributed by atoms with E-state index in [1.165, 1.54) is 4.90 Å². The fourth-order valence-electron chi connectivity index (χ4n) is 2.99. The molecule has 2 fully saturated rings. The smallest absolute Gasteiger partial charge is 0.312 e. The second-order valence-corrected chi connectivity index (χ2v) is 5.56. The number of rotatable bonds is 1. The Labute approximate surface area is 112 Å². The van der Waals surface area contributed by atoms with Gasteiger partial charge in [-0.3, -0.25) is 9.48 Å². The molecule has 2 aliphatic heterocycles. The molecule has 0 N–H and O–H groups in total. The molecule has 0 saturated carbocycles. The van der Waals surface area contributed by atoms with E-state index in [1.807, 2.05) is 6.92 Å². The van der Waals surface area contributed by atoms with Crippen LogP contribution < -0.4 is 4.90 Å². The number of hydrogen-bond acceptors (Lipinski definition) is 3. The van der Waals surface area contributed by atoms with E-state index in [-0.39, 0.29) is 18.0 Å². The molecule has 2 aliphatic rings. The van der Waals surface area contributed by atoms with Gasteiger partial charge in [-0.25, -0.2) is 9.69 Å². The van der Waals surface area contributed by atoms with Gasteiger partial charge in [0.25, 0.3) is 5.91 Å². The Bertz CT molecular complexity index is 551. The van der Waals surface area contributed by atoms with E-state index in [9.17, 15) is 9.59 Å². The minimum atomic E-state index is -0.286. The Hall–Kier alpha value is -1.85. The first-order valence-corrected chi connectivity index (χ1v) is 6.64. The number of hydrogen-bond donors (Lipinski definition) is 0. The van der Waals surface area contributed by atoms with Gasteiger partial charge in [0.15, 0.2) is 0 Å². The maximum atomic E-state index is 12.5. The molecule has 0 unspecified atom stereocenters. The van der Waals surface area contributed by atoms with Gasteiger partial charge in [0, 0.05) is 19.7 Å². The van der Waals surface area contributed by atoms with Crippen LogP contribution in [0.2, 0.25) is 0 Å². The minimum absolute atomic E-state index is 0.112. The van der Waals surface area contributed by atoms with Crippen molar-refractivity contribution in [1.29, 1.82) is 0 Å². The number of aryl methyl sites for hydroxylation is 2. The van der Waals surface area contributed by atoms with Crippen LogP contribution >= 0.6 is 0 Å².